The molecule has 0 saturated carbocycles. The second-order valence-corrected chi connectivity index (χ2v) is 8.09. The van der Waals surface area contributed by atoms with Gasteiger partial charge in [0.1, 0.15) is 6.10 Å². The first-order valence-corrected chi connectivity index (χ1v) is 9.15. The fourth-order valence-corrected chi connectivity index (χ4v) is 3.88. The van der Waals surface area contributed by atoms with Gasteiger partial charge in [0.15, 0.2) is 5.17 Å². The fraction of sp³-hybridized carbons (Fsp3) is 0.500. The molecule has 2 heterocycles. The van der Waals surface area contributed by atoms with Crippen LogP contribution in [0.2, 0.25) is 0 Å². The van der Waals surface area contributed by atoms with Crippen LogP contribution in [0.1, 0.15) is 25.8 Å². The van der Waals surface area contributed by atoms with Crippen molar-refractivity contribution in [3.63, 3.8) is 0 Å². The van der Waals surface area contributed by atoms with E-state index in [1.54, 1.807) is 0 Å². The topological polar surface area (TPSA) is 77.0 Å². The van der Waals surface area contributed by atoms with Crippen molar-refractivity contribution in [2.45, 2.75) is 38.0 Å². The average Bonchev–Trinajstić information content (AvgIpc) is 3.02. The number of aliphatic imine (C=N–C) groups is 1. The Labute approximate surface area is 151 Å². The number of cyclic esters (lactones) is 1. The number of ether oxygens (including phenoxy) is 2. The van der Waals surface area contributed by atoms with Gasteiger partial charge in [0, 0.05) is 13.0 Å². The van der Waals surface area contributed by atoms with E-state index in [1.165, 1.54) is 0 Å². The summed E-state index contributed by atoms with van der Waals surface area (Å²) in [5.41, 5.74) is 1.86. The van der Waals surface area contributed by atoms with Crippen molar-refractivity contribution >= 4 is 34.5 Å². The monoisotopic (exact) mass is 362 g/mol. The lowest BCUT2D eigenvalue weighted by Gasteiger charge is -2.12. The van der Waals surface area contributed by atoms with Crippen LogP contribution < -0.4 is 5.32 Å². The lowest BCUT2D eigenvalue weighted by molar-refractivity contribution is -0.146. The molecule has 1 spiro atoms. The summed E-state index contributed by atoms with van der Waals surface area (Å²) < 4.78 is 9.67. The Balaban J connectivity index is 1.68. The number of amidine groups is 1. The van der Waals surface area contributed by atoms with Crippen molar-refractivity contribution in [3.8, 4) is 0 Å². The number of nitrogens with one attached hydrogen (secondary N) is 1. The zero-order valence-corrected chi connectivity index (χ0v) is 15.4. The van der Waals surface area contributed by atoms with E-state index in [9.17, 15) is 9.59 Å². The summed E-state index contributed by atoms with van der Waals surface area (Å²) in [5, 5.41) is 3.13. The van der Waals surface area contributed by atoms with Crippen LogP contribution in [0.3, 0.4) is 0 Å². The number of hydrogen-bond acceptors (Lipinski definition) is 6. The van der Waals surface area contributed by atoms with E-state index in [4.69, 9.17) is 9.47 Å². The zero-order chi connectivity index (χ0) is 18.0. The highest BCUT2D eigenvalue weighted by atomic mass is 32.2. The minimum atomic E-state index is -1.24. The van der Waals surface area contributed by atoms with E-state index in [1.807, 2.05) is 31.2 Å². The number of amides is 1. The molecular formula is C18H22N2O4S. The Hall–Kier alpha value is -1.86. The third kappa shape index (κ3) is 3.88. The molecule has 25 heavy (non-hydrogen) atoms. The highest BCUT2D eigenvalue weighted by Gasteiger charge is 2.60. The van der Waals surface area contributed by atoms with Crippen LogP contribution in [0.25, 0.3) is 0 Å². The molecule has 0 radical (unpaired) electrons. The van der Waals surface area contributed by atoms with Crippen molar-refractivity contribution in [1.82, 2.24) is 5.32 Å². The molecule has 2 fully saturated rings. The molecule has 0 bridgehead atoms. The molecule has 1 amide bonds. The summed E-state index contributed by atoms with van der Waals surface area (Å²) in [6.07, 6.45) is -0.101. The molecule has 1 aromatic carbocycles. The Morgan fingerprint density at radius 3 is 2.76 bits per heavy atom. The van der Waals surface area contributed by atoms with Crippen molar-refractivity contribution in [2.75, 3.05) is 13.2 Å². The van der Waals surface area contributed by atoms with Crippen LogP contribution in [0.15, 0.2) is 29.3 Å². The first-order valence-electron chi connectivity index (χ1n) is 8.34. The van der Waals surface area contributed by atoms with E-state index >= 15 is 0 Å². The largest absolute Gasteiger partial charge is 0.458 e. The van der Waals surface area contributed by atoms with Gasteiger partial charge in [0.2, 0.25) is 4.75 Å². The lowest BCUT2D eigenvalue weighted by atomic mass is 10.0. The third-order valence-electron chi connectivity index (χ3n) is 4.00. The van der Waals surface area contributed by atoms with Gasteiger partial charge >= 0.3 is 5.97 Å². The summed E-state index contributed by atoms with van der Waals surface area (Å²) in [7, 11) is 0. The number of carbonyl (C=O) groups excluding carboxylic acids is 2. The first-order chi connectivity index (χ1) is 11.9. The highest BCUT2D eigenvalue weighted by molar-refractivity contribution is 8.17. The Bertz CT molecular complexity index is 702. The summed E-state index contributed by atoms with van der Waals surface area (Å²) in [5.74, 6) is -0.467. The maximum Gasteiger partial charge on any atom is 0.332 e. The number of aryl methyl sites for hydroxylation is 1. The molecule has 0 aliphatic carbocycles. The SMILES string of the molecule is Cc1ccc(N=C2NC(=O)C3(CC(COCC(C)C)OC3=O)S2)cc1. The Morgan fingerprint density at radius 2 is 2.08 bits per heavy atom. The van der Waals surface area contributed by atoms with Crippen LogP contribution in [0.4, 0.5) is 5.69 Å². The summed E-state index contributed by atoms with van der Waals surface area (Å²) in [6.45, 7) is 7.00. The van der Waals surface area contributed by atoms with Gasteiger partial charge in [-0.3, -0.25) is 4.79 Å². The van der Waals surface area contributed by atoms with Crippen LogP contribution in [0, 0.1) is 12.8 Å². The number of hydrogen-bond donors (Lipinski definition) is 1. The second-order valence-electron chi connectivity index (χ2n) is 6.80. The smallest absolute Gasteiger partial charge is 0.332 e. The van der Waals surface area contributed by atoms with Gasteiger partial charge in [-0.15, -0.1) is 0 Å². The Morgan fingerprint density at radius 1 is 1.36 bits per heavy atom. The minimum Gasteiger partial charge on any atom is -0.458 e. The molecule has 1 aromatic rings. The molecule has 2 unspecified atom stereocenters. The van der Waals surface area contributed by atoms with Crippen molar-refractivity contribution in [1.29, 1.82) is 0 Å². The standard InChI is InChI=1S/C18H22N2O4S/c1-11(2)9-23-10-14-8-18(16(22)24-14)15(21)20-17(25-18)19-13-6-4-12(3)5-7-13/h4-7,11,14H,8-10H2,1-3H3,(H,19,20,21). The lowest BCUT2D eigenvalue weighted by Crippen LogP contribution is -2.40. The van der Waals surface area contributed by atoms with E-state index in [0.717, 1.165) is 23.0 Å². The zero-order valence-electron chi connectivity index (χ0n) is 14.6. The fourth-order valence-electron chi connectivity index (χ4n) is 2.71. The van der Waals surface area contributed by atoms with Gasteiger partial charge in [-0.2, -0.15) is 0 Å². The molecular weight excluding hydrogens is 340 g/mol. The number of thioether (sulfide) groups is 1. The third-order valence-corrected chi connectivity index (χ3v) is 5.25. The average molecular weight is 362 g/mol. The van der Waals surface area contributed by atoms with Crippen molar-refractivity contribution in [2.24, 2.45) is 10.9 Å². The number of nitrogens with zero attached hydrogens (tertiary/aromatic N) is 1. The molecule has 2 aliphatic rings. The minimum absolute atomic E-state index is 0.299. The molecule has 134 valence electrons. The van der Waals surface area contributed by atoms with E-state index in [2.05, 4.69) is 24.2 Å². The Kier molecular flexibility index (Phi) is 5.15. The van der Waals surface area contributed by atoms with Crippen molar-refractivity contribution in [3.05, 3.63) is 29.8 Å². The molecule has 2 aliphatic heterocycles. The summed E-state index contributed by atoms with van der Waals surface area (Å²) in [4.78, 5) is 29.2. The van der Waals surface area contributed by atoms with E-state index in [-0.39, 0.29) is 5.91 Å². The quantitative estimate of drug-likeness (QED) is 0.643. The van der Waals surface area contributed by atoms with E-state index < -0.39 is 16.8 Å². The molecule has 2 saturated heterocycles. The van der Waals surface area contributed by atoms with E-state index in [0.29, 0.717) is 30.7 Å². The van der Waals surface area contributed by atoms with Gasteiger partial charge in [-0.1, -0.05) is 43.3 Å². The molecule has 3 rings (SSSR count). The summed E-state index contributed by atoms with van der Waals surface area (Å²) >= 11 is 1.14. The van der Waals surface area contributed by atoms with Gasteiger partial charge < -0.3 is 14.8 Å². The van der Waals surface area contributed by atoms with Crippen LogP contribution in [0.5, 0.6) is 0 Å². The number of carbonyl (C=O) groups is 2. The predicted molar refractivity (Wildman–Crippen MR) is 96.9 cm³/mol. The number of rotatable bonds is 5. The van der Waals surface area contributed by atoms with Crippen molar-refractivity contribution < 1.29 is 19.1 Å². The molecule has 6 nitrogen and oxygen atoms in total. The van der Waals surface area contributed by atoms with Crippen LogP contribution >= 0.6 is 11.8 Å². The van der Waals surface area contributed by atoms with Gasteiger partial charge in [0.05, 0.1) is 12.3 Å². The normalized spacial score (nSPS) is 27.4. The second kappa shape index (κ2) is 7.17. The number of esters is 1. The number of benzene rings is 1. The first kappa shape index (κ1) is 17.9. The van der Waals surface area contributed by atoms with Crippen LogP contribution in [-0.2, 0) is 19.1 Å². The molecule has 2 atom stereocenters. The maximum atomic E-state index is 12.4. The summed E-state index contributed by atoms with van der Waals surface area (Å²) in [6, 6.07) is 7.64. The highest BCUT2D eigenvalue weighted by Crippen LogP contribution is 2.43. The predicted octanol–water partition coefficient (Wildman–Crippen LogP) is 2.57. The maximum absolute atomic E-state index is 12.4. The van der Waals surface area contributed by atoms with Gasteiger partial charge in [0.25, 0.3) is 5.91 Å². The van der Waals surface area contributed by atoms with Crippen LogP contribution in [-0.4, -0.2) is 41.1 Å². The molecule has 1 N–H and O–H groups in total. The molecule has 0 aromatic heterocycles. The molecule has 7 heteroatoms. The van der Waals surface area contributed by atoms with Gasteiger partial charge in [-0.05, 0) is 25.0 Å². The van der Waals surface area contributed by atoms with Gasteiger partial charge in [-0.25, -0.2) is 9.79 Å².